The maximum absolute atomic E-state index is 13.0. The van der Waals surface area contributed by atoms with Crippen LogP contribution in [0.15, 0.2) is 12.1 Å². The van der Waals surface area contributed by atoms with E-state index in [0.29, 0.717) is 27.9 Å². The van der Waals surface area contributed by atoms with Gasteiger partial charge in [-0.25, -0.2) is 4.39 Å². The topological polar surface area (TPSA) is 21.3 Å². The van der Waals surface area contributed by atoms with Gasteiger partial charge in [-0.15, -0.1) is 0 Å². The molecule has 5 heteroatoms. The molecule has 94 valence electrons. The molecule has 0 aromatic heterocycles. The van der Waals surface area contributed by atoms with Crippen molar-refractivity contribution < 1.29 is 9.13 Å². The van der Waals surface area contributed by atoms with Gasteiger partial charge in [0.25, 0.3) is 0 Å². The second-order valence-electron chi connectivity index (χ2n) is 4.13. The average Bonchev–Trinajstić information content (AvgIpc) is 2.18. The zero-order valence-electron chi connectivity index (χ0n) is 9.47. The van der Waals surface area contributed by atoms with E-state index in [9.17, 15) is 4.39 Å². The molecule has 1 fully saturated rings. The van der Waals surface area contributed by atoms with Crippen LogP contribution < -0.4 is 5.32 Å². The molecular weight excluding hydrogens is 264 g/mol. The molecule has 0 amide bonds. The quantitative estimate of drug-likeness (QED) is 0.894. The van der Waals surface area contributed by atoms with Gasteiger partial charge in [0.15, 0.2) is 0 Å². The molecule has 1 aromatic carbocycles. The van der Waals surface area contributed by atoms with E-state index in [4.69, 9.17) is 27.9 Å². The summed E-state index contributed by atoms with van der Waals surface area (Å²) in [6.45, 7) is 2.71. The first-order valence-corrected chi connectivity index (χ1v) is 6.38. The highest BCUT2D eigenvalue weighted by molar-refractivity contribution is 6.39. The molecule has 0 spiro atoms. The van der Waals surface area contributed by atoms with Gasteiger partial charge in [0.05, 0.1) is 21.8 Å². The van der Waals surface area contributed by atoms with Gasteiger partial charge in [0.2, 0.25) is 0 Å². The van der Waals surface area contributed by atoms with Crippen molar-refractivity contribution in [2.75, 3.05) is 11.9 Å². The Morgan fingerprint density at radius 2 is 1.94 bits per heavy atom. The van der Waals surface area contributed by atoms with E-state index in [1.165, 1.54) is 12.1 Å². The van der Waals surface area contributed by atoms with Crippen LogP contribution in [0.4, 0.5) is 10.1 Å². The maximum Gasteiger partial charge on any atom is 0.126 e. The summed E-state index contributed by atoms with van der Waals surface area (Å²) in [4.78, 5) is 0. The van der Waals surface area contributed by atoms with Gasteiger partial charge in [0, 0.05) is 12.6 Å². The van der Waals surface area contributed by atoms with Gasteiger partial charge in [-0.1, -0.05) is 23.2 Å². The van der Waals surface area contributed by atoms with Crippen LogP contribution in [0.5, 0.6) is 0 Å². The summed E-state index contributed by atoms with van der Waals surface area (Å²) in [7, 11) is 0. The largest absolute Gasteiger partial charge is 0.380 e. The number of halogens is 3. The van der Waals surface area contributed by atoms with E-state index in [-0.39, 0.29) is 0 Å². The van der Waals surface area contributed by atoms with E-state index < -0.39 is 5.82 Å². The summed E-state index contributed by atoms with van der Waals surface area (Å²) >= 11 is 11.9. The third-order valence-corrected chi connectivity index (χ3v) is 3.45. The van der Waals surface area contributed by atoms with Crippen molar-refractivity contribution in [3.8, 4) is 0 Å². The first-order valence-electron chi connectivity index (χ1n) is 5.62. The van der Waals surface area contributed by atoms with Crippen LogP contribution in [0.25, 0.3) is 0 Å². The molecule has 0 aliphatic heterocycles. The van der Waals surface area contributed by atoms with Crippen molar-refractivity contribution in [1.82, 2.24) is 0 Å². The van der Waals surface area contributed by atoms with Crippen molar-refractivity contribution in [3.63, 3.8) is 0 Å². The molecule has 2 rings (SSSR count). The molecule has 1 aromatic rings. The Balaban J connectivity index is 1.97. The second-order valence-corrected chi connectivity index (χ2v) is 4.95. The molecule has 0 saturated heterocycles. The van der Waals surface area contributed by atoms with Gasteiger partial charge >= 0.3 is 0 Å². The van der Waals surface area contributed by atoms with Gasteiger partial charge < -0.3 is 10.1 Å². The molecule has 0 heterocycles. The van der Waals surface area contributed by atoms with Crippen LogP contribution >= 0.6 is 23.2 Å². The minimum atomic E-state index is -0.425. The van der Waals surface area contributed by atoms with Gasteiger partial charge in [0.1, 0.15) is 5.82 Å². The van der Waals surface area contributed by atoms with E-state index >= 15 is 0 Å². The summed E-state index contributed by atoms with van der Waals surface area (Å²) in [6.07, 6.45) is 2.17. The van der Waals surface area contributed by atoms with Crippen LogP contribution in [-0.4, -0.2) is 18.8 Å². The fourth-order valence-electron chi connectivity index (χ4n) is 1.94. The number of ether oxygens (including phenoxy) is 1. The molecule has 1 N–H and O–H groups in total. The monoisotopic (exact) mass is 277 g/mol. The Kier molecular flexibility index (Phi) is 4.13. The van der Waals surface area contributed by atoms with Crippen LogP contribution in [-0.2, 0) is 4.74 Å². The van der Waals surface area contributed by atoms with Crippen LogP contribution in [0.1, 0.15) is 19.8 Å². The number of hydrogen-bond acceptors (Lipinski definition) is 2. The molecule has 0 radical (unpaired) electrons. The first kappa shape index (κ1) is 12.9. The van der Waals surface area contributed by atoms with Crippen molar-refractivity contribution in [2.24, 2.45) is 0 Å². The zero-order chi connectivity index (χ0) is 12.4. The Morgan fingerprint density at radius 1 is 1.35 bits per heavy atom. The fraction of sp³-hybridized carbons (Fsp3) is 0.500. The zero-order valence-corrected chi connectivity index (χ0v) is 11.0. The van der Waals surface area contributed by atoms with Gasteiger partial charge in [-0.2, -0.15) is 0 Å². The Morgan fingerprint density at radius 3 is 2.47 bits per heavy atom. The molecule has 17 heavy (non-hydrogen) atoms. The van der Waals surface area contributed by atoms with Crippen molar-refractivity contribution in [1.29, 1.82) is 0 Å². The molecular formula is C12H14Cl2FNO. The molecule has 0 atom stereocenters. The van der Waals surface area contributed by atoms with Crippen LogP contribution in [0.3, 0.4) is 0 Å². The highest BCUT2D eigenvalue weighted by atomic mass is 35.5. The summed E-state index contributed by atoms with van der Waals surface area (Å²) in [5.41, 5.74) is 0.606. The molecule has 0 bridgehead atoms. The Hall–Kier alpha value is -0.510. The van der Waals surface area contributed by atoms with E-state index in [2.05, 4.69) is 5.32 Å². The Labute approximate surface area is 110 Å². The van der Waals surface area contributed by atoms with Crippen LogP contribution in [0.2, 0.25) is 10.0 Å². The lowest BCUT2D eigenvalue weighted by molar-refractivity contribution is 0.00299. The summed E-state index contributed by atoms with van der Waals surface area (Å²) in [6, 6.07) is 2.81. The second kappa shape index (κ2) is 5.42. The first-order chi connectivity index (χ1) is 8.10. The molecule has 2 nitrogen and oxygen atoms in total. The maximum atomic E-state index is 13.0. The normalized spacial score (nSPS) is 23.3. The third kappa shape index (κ3) is 3.03. The van der Waals surface area contributed by atoms with Crippen molar-refractivity contribution >= 4 is 28.9 Å². The summed E-state index contributed by atoms with van der Waals surface area (Å²) in [5.74, 6) is -0.425. The number of nitrogens with one attached hydrogen (secondary N) is 1. The number of rotatable bonds is 4. The highest BCUT2D eigenvalue weighted by Gasteiger charge is 2.30. The minimum Gasteiger partial charge on any atom is -0.380 e. The van der Waals surface area contributed by atoms with Gasteiger partial charge in [-0.05, 0) is 31.9 Å². The lowest BCUT2D eigenvalue weighted by atomic mass is 9.89. The molecule has 1 aliphatic rings. The predicted molar refractivity (Wildman–Crippen MR) is 68.5 cm³/mol. The molecule has 1 saturated carbocycles. The van der Waals surface area contributed by atoms with E-state index in [1.807, 2.05) is 6.92 Å². The predicted octanol–water partition coefficient (Wildman–Crippen LogP) is 4.11. The smallest absolute Gasteiger partial charge is 0.126 e. The summed E-state index contributed by atoms with van der Waals surface area (Å²) < 4.78 is 18.4. The standard InChI is InChI=1S/C12H14Cl2FNO/c1-2-17-9-5-8(6-9)16-12-10(13)3-7(15)4-11(12)14/h3-4,8-9,16H,2,5-6H2,1H3. The van der Waals surface area contributed by atoms with Crippen molar-refractivity contribution in [2.45, 2.75) is 31.9 Å². The summed E-state index contributed by atoms with van der Waals surface area (Å²) in [5, 5.41) is 3.85. The lowest BCUT2D eigenvalue weighted by Gasteiger charge is -2.36. The minimum absolute atomic E-state index is 0.298. The highest BCUT2D eigenvalue weighted by Crippen LogP contribution is 2.35. The van der Waals surface area contributed by atoms with Crippen LogP contribution in [0, 0.1) is 5.82 Å². The Bertz CT molecular complexity index is 384. The molecule has 1 aliphatic carbocycles. The number of benzene rings is 1. The average molecular weight is 278 g/mol. The van der Waals surface area contributed by atoms with E-state index in [0.717, 1.165) is 19.4 Å². The van der Waals surface area contributed by atoms with Crippen molar-refractivity contribution in [3.05, 3.63) is 28.0 Å². The van der Waals surface area contributed by atoms with Gasteiger partial charge in [-0.3, -0.25) is 0 Å². The van der Waals surface area contributed by atoms with E-state index in [1.54, 1.807) is 0 Å². The third-order valence-electron chi connectivity index (χ3n) is 2.85. The number of hydrogen-bond donors (Lipinski definition) is 1. The lowest BCUT2D eigenvalue weighted by Crippen LogP contribution is -2.40. The fourth-order valence-corrected chi connectivity index (χ4v) is 2.51. The number of anilines is 1. The molecule has 0 unspecified atom stereocenters. The SMILES string of the molecule is CCOC1CC(Nc2c(Cl)cc(F)cc2Cl)C1.